The first-order chi connectivity index (χ1) is 10.8. The highest BCUT2D eigenvalue weighted by molar-refractivity contribution is 6.17. The summed E-state index contributed by atoms with van der Waals surface area (Å²) in [5.41, 5.74) is 7.12. The molecule has 0 fully saturated rings. The van der Waals surface area contributed by atoms with Crippen molar-refractivity contribution in [1.82, 2.24) is 5.43 Å². The van der Waals surface area contributed by atoms with Crippen LogP contribution in [-0.4, -0.2) is 11.6 Å². The van der Waals surface area contributed by atoms with Crippen LogP contribution in [0, 0.1) is 5.92 Å². The van der Waals surface area contributed by atoms with E-state index in [2.05, 4.69) is 40.9 Å². The lowest BCUT2D eigenvalue weighted by Crippen LogP contribution is -2.31. The molecule has 2 aromatic carbocycles. The predicted octanol–water partition coefficient (Wildman–Crippen LogP) is 3.36. The quantitative estimate of drug-likeness (QED) is 0.904. The van der Waals surface area contributed by atoms with Crippen molar-refractivity contribution in [2.75, 3.05) is 0 Å². The number of hydrazone groups is 1. The number of benzene rings is 2. The number of carbonyl (C=O) groups excluding carboxylic acids is 1. The van der Waals surface area contributed by atoms with E-state index in [-0.39, 0.29) is 17.7 Å². The van der Waals surface area contributed by atoms with Gasteiger partial charge in [-0.1, -0.05) is 60.7 Å². The molecule has 3 nitrogen and oxygen atoms in total. The van der Waals surface area contributed by atoms with Gasteiger partial charge in [0.1, 0.15) is 0 Å². The highest BCUT2D eigenvalue weighted by Gasteiger charge is 2.40. The number of allylic oxidation sites excluding steroid dienone is 2. The van der Waals surface area contributed by atoms with Crippen LogP contribution in [0.2, 0.25) is 0 Å². The summed E-state index contributed by atoms with van der Waals surface area (Å²) in [4.78, 5) is 12.2. The first-order valence-corrected chi connectivity index (χ1v) is 7.51. The van der Waals surface area contributed by atoms with Gasteiger partial charge in [-0.25, -0.2) is 5.43 Å². The molecule has 22 heavy (non-hydrogen) atoms. The van der Waals surface area contributed by atoms with Crippen LogP contribution in [0.25, 0.3) is 5.57 Å². The summed E-state index contributed by atoms with van der Waals surface area (Å²) in [5.74, 6) is -0.0234. The van der Waals surface area contributed by atoms with Crippen molar-refractivity contribution >= 4 is 17.2 Å². The molecular weight excluding hydrogens is 272 g/mol. The molecule has 1 N–H and O–H groups in total. The van der Waals surface area contributed by atoms with Crippen LogP contribution in [0.15, 0.2) is 71.8 Å². The third-order valence-electron chi connectivity index (χ3n) is 4.43. The second-order valence-corrected chi connectivity index (χ2v) is 5.75. The molecule has 0 bridgehead atoms. The summed E-state index contributed by atoms with van der Waals surface area (Å²) in [6.07, 6.45) is 2.92. The van der Waals surface area contributed by atoms with Gasteiger partial charge in [0.05, 0.1) is 11.6 Å². The molecular formula is C19H16N2O. The monoisotopic (exact) mass is 288 g/mol. The Morgan fingerprint density at radius 3 is 2.36 bits per heavy atom. The van der Waals surface area contributed by atoms with Gasteiger partial charge >= 0.3 is 0 Å². The van der Waals surface area contributed by atoms with E-state index in [0.29, 0.717) is 0 Å². The molecule has 2 atom stereocenters. The Balaban J connectivity index is 1.78. The average Bonchev–Trinajstić information content (AvgIpc) is 2.97. The molecule has 2 aliphatic rings. The third kappa shape index (κ3) is 2.15. The molecule has 108 valence electrons. The number of nitrogens with zero attached hydrogens (tertiary/aromatic N) is 1. The largest absolute Gasteiger partial charge is 0.272 e. The van der Waals surface area contributed by atoms with Gasteiger partial charge < -0.3 is 0 Å². The second-order valence-electron chi connectivity index (χ2n) is 5.75. The molecule has 0 saturated heterocycles. The van der Waals surface area contributed by atoms with E-state index in [9.17, 15) is 4.79 Å². The maximum absolute atomic E-state index is 12.2. The van der Waals surface area contributed by atoms with E-state index < -0.39 is 0 Å². The zero-order valence-electron chi connectivity index (χ0n) is 12.1. The van der Waals surface area contributed by atoms with Crippen LogP contribution in [0.4, 0.5) is 0 Å². The van der Waals surface area contributed by atoms with Crippen molar-refractivity contribution < 1.29 is 4.79 Å². The average molecular weight is 288 g/mol. The SMILES string of the molecule is O=C1NN=C2C=C(c3ccccc3)CC(c3ccccc3)C12. The topological polar surface area (TPSA) is 41.5 Å². The second kappa shape index (κ2) is 5.26. The summed E-state index contributed by atoms with van der Waals surface area (Å²) >= 11 is 0. The molecule has 1 amide bonds. The molecule has 1 aliphatic carbocycles. The van der Waals surface area contributed by atoms with Crippen molar-refractivity contribution in [3.63, 3.8) is 0 Å². The minimum absolute atomic E-state index is 0.00668. The Kier molecular flexibility index (Phi) is 3.11. The lowest BCUT2D eigenvalue weighted by Gasteiger charge is -2.28. The number of rotatable bonds is 2. The van der Waals surface area contributed by atoms with Gasteiger partial charge in [0.25, 0.3) is 0 Å². The number of hydrogen-bond acceptors (Lipinski definition) is 2. The van der Waals surface area contributed by atoms with Gasteiger partial charge in [0, 0.05) is 5.92 Å². The minimum atomic E-state index is -0.171. The van der Waals surface area contributed by atoms with Crippen molar-refractivity contribution in [2.24, 2.45) is 11.0 Å². The van der Waals surface area contributed by atoms with E-state index in [0.717, 1.165) is 12.1 Å². The number of fused-ring (bicyclic) bond motifs is 1. The summed E-state index contributed by atoms with van der Waals surface area (Å²) < 4.78 is 0. The van der Waals surface area contributed by atoms with Gasteiger partial charge in [-0.2, -0.15) is 5.10 Å². The number of nitrogens with one attached hydrogen (secondary N) is 1. The maximum Gasteiger partial charge on any atom is 0.249 e. The van der Waals surface area contributed by atoms with E-state index >= 15 is 0 Å². The lowest BCUT2D eigenvalue weighted by molar-refractivity contribution is -0.122. The van der Waals surface area contributed by atoms with Gasteiger partial charge in [0.15, 0.2) is 0 Å². The molecule has 1 aliphatic heterocycles. The van der Waals surface area contributed by atoms with E-state index in [1.165, 1.54) is 16.7 Å². The minimum Gasteiger partial charge on any atom is -0.272 e. The van der Waals surface area contributed by atoms with Crippen LogP contribution in [0.3, 0.4) is 0 Å². The Labute approximate surface area is 129 Å². The van der Waals surface area contributed by atoms with Crippen LogP contribution >= 0.6 is 0 Å². The van der Waals surface area contributed by atoms with E-state index in [4.69, 9.17) is 0 Å². The molecule has 1 heterocycles. The number of hydrogen-bond donors (Lipinski definition) is 1. The summed E-state index contributed by atoms with van der Waals surface area (Å²) in [7, 11) is 0. The van der Waals surface area contributed by atoms with E-state index in [1.54, 1.807) is 0 Å². The fourth-order valence-electron chi connectivity index (χ4n) is 3.36. The normalized spacial score (nSPS) is 23.4. The Morgan fingerprint density at radius 2 is 1.64 bits per heavy atom. The third-order valence-corrected chi connectivity index (χ3v) is 4.43. The molecule has 0 radical (unpaired) electrons. The Morgan fingerprint density at radius 1 is 0.955 bits per heavy atom. The molecule has 4 rings (SSSR count). The molecule has 2 aromatic rings. The molecule has 0 aromatic heterocycles. The first kappa shape index (κ1) is 13.0. The fourth-order valence-corrected chi connectivity index (χ4v) is 3.36. The lowest BCUT2D eigenvalue weighted by atomic mass is 9.73. The van der Waals surface area contributed by atoms with Crippen molar-refractivity contribution in [3.8, 4) is 0 Å². The van der Waals surface area contributed by atoms with Crippen LogP contribution in [0.1, 0.15) is 23.5 Å². The van der Waals surface area contributed by atoms with Gasteiger partial charge in [-0.3, -0.25) is 4.79 Å². The zero-order chi connectivity index (χ0) is 14.9. The van der Waals surface area contributed by atoms with Crippen molar-refractivity contribution in [3.05, 3.63) is 77.9 Å². The summed E-state index contributed by atoms with van der Waals surface area (Å²) in [5, 5.41) is 4.23. The van der Waals surface area contributed by atoms with Gasteiger partial charge in [0.2, 0.25) is 5.91 Å². The van der Waals surface area contributed by atoms with Crippen molar-refractivity contribution in [1.29, 1.82) is 0 Å². The first-order valence-electron chi connectivity index (χ1n) is 7.51. The number of amides is 1. The smallest absolute Gasteiger partial charge is 0.249 e. The summed E-state index contributed by atoms with van der Waals surface area (Å²) in [6, 6.07) is 20.6. The molecule has 2 unspecified atom stereocenters. The highest BCUT2D eigenvalue weighted by Crippen LogP contribution is 2.41. The standard InChI is InChI=1S/C19H16N2O/c22-19-18-16(14-9-5-2-6-10-14)11-15(12-17(18)20-21-19)13-7-3-1-4-8-13/h1-10,12,16,18H,11H2,(H,21,22). The van der Waals surface area contributed by atoms with Crippen LogP contribution < -0.4 is 5.43 Å². The van der Waals surface area contributed by atoms with E-state index in [1.807, 2.05) is 36.4 Å². The Hall–Kier alpha value is -2.68. The zero-order valence-corrected chi connectivity index (χ0v) is 12.1. The fraction of sp³-hybridized carbons (Fsp3) is 0.158. The maximum atomic E-state index is 12.2. The van der Waals surface area contributed by atoms with Gasteiger partial charge in [-0.15, -0.1) is 0 Å². The van der Waals surface area contributed by atoms with Crippen LogP contribution in [0.5, 0.6) is 0 Å². The van der Waals surface area contributed by atoms with Crippen molar-refractivity contribution in [2.45, 2.75) is 12.3 Å². The molecule has 0 saturated carbocycles. The molecule has 0 spiro atoms. The number of carbonyl (C=O) groups is 1. The molecule has 3 heteroatoms. The van der Waals surface area contributed by atoms with Gasteiger partial charge in [-0.05, 0) is 29.2 Å². The summed E-state index contributed by atoms with van der Waals surface area (Å²) in [6.45, 7) is 0. The van der Waals surface area contributed by atoms with Crippen LogP contribution in [-0.2, 0) is 4.79 Å². The predicted molar refractivity (Wildman–Crippen MR) is 87.3 cm³/mol. The Bertz CT molecular complexity index is 763. The highest BCUT2D eigenvalue weighted by atomic mass is 16.2.